The monoisotopic (exact) mass is 363 g/mol. The molecule has 0 unspecified atom stereocenters. The Morgan fingerprint density at radius 1 is 1.38 bits per heavy atom. The molecule has 0 spiro atoms. The lowest BCUT2D eigenvalue weighted by Crippen LogP contribution is -2.27. The predicted molar refractivity (Wildman–Crippen MR) is 90.1 cm³/mol. The highest BCUT2D eigenvalue weighted by Gasteiger charge is 2.16. The standard InChI is InChI=1S/C15H14BrN3OS/c1-19(15(20)13-12(16)6-3-7-18-13)9-10-4-2-5-11(8-10)14(17)21/h2-8H,9H2,1H3,(H2,17,21). The van der Waals surface area contributed by atoms with Crippen molar-refractivity contribution in [2.24, 2.45) is 5.73 Å². The van der Waals surface area contributed by atoms with Gasteiger partial charge in [0.05, 0.1) is 0 Å². The summed E-state index contributed by atoms with van der Waals surface area (Å²) in [7, 11) is 1.73. The maximum atomic E-state index is 12.4. The largest absolute Gasteiger partial charge is 0.389 e. The Morgan fingerprint density at radius 3 is 2.81 bits per heavy atom. The third-order valence-corrected chi connectivity index (χ3v) is 3.81. The van der Waals surface area contributed by atoms with Gasteiger partial charge < -0.3 is 10.6 Å². The minimum Gasteiger partial charge on any atom is -0.389 e. The number of halogens is 1. The number of benzene rings is 1. The maximum absolute atomic E-state index is 12.4. The van der Waals surface area contributed by atoms with Crippen molar-refractivity contribution in [3.63, 3.8) is 0 Å². The van der Waals surface area contributed by atoms with Gasteiger partial charge in [0.25, 0.3) is 5.91 Å². The zero-order valence-corrected chi connectivity index (χ0v) is 13.8. The fraction of sp³-hybridized carbons (Fsp3) is 0.133. The SMILES string of the molecule is CN(Cc1cccc(C(N)=S)c1)C(=O)c1ncccc1Br. The highest BCUT2D eigenvalue weighted by molar-refractivity contribution is 9.10. The maximum Gasteiger partial charge on any atom is 0.273 e. The molecule has 0 atom stereocenters. The van der Waals surface area contributed by atoms with E-state index in [1.807, 2.05) is 24.3 Å². The molecule has 4 nitrogen and oxygen atoms in total. The number of nitrogens with two attached hydrogens (primary N) is 1. The number of carbonyl (C=O) groups excluding carboxylic acids is 1. The van der Waals surface area contributed by atoms with E-state index in [-0.39, 0.29) is 5.91 Å². The van der Waals surface area contributed by atoms with Crippen molar-refractivity contribution >= 4 is 39.0 Å². The van der Waals surface area contributed by atoms with E-state index in [1.165, 1.54) is 0 Å². The first-order valence-corrected chi connectivity index (χ1v) is 7.44. The molecule has 2 N–H and O–H groups in total. The third kappa shape index (κ3) is 3.86. The summed E-state index contributed by atoms with van der Waals surface area (Å²) >= 11 is 8.30. The second-order valence-electron chi connectivity index (χ2n) is 4.56. The molecule has 0 saturated heterocycles. The van der Waals surface area contributed by atoms with Crippen molar-refractivity contribution in [3.8, 4) is 0 Å². The molecule has 1 aromatic heterocycles. The lowest BCUT2D eigenvalue weighted by molar-refractivity contribution is 0.0778. The van der Waals surface area contributed by atoms with Crippen LogP contribution in [0.4, 0.5) is 0 Å². The van der Waals surface area contributed by atoms with Crippen LogP contribution in [0.3, 0.4) is 0 Å². The Labute approximate surface area is 137 Å². The van der Waals surface area contributed by atoms with Crippen LogP contribution in [-0.2, 0) is 6.54 Å². The van der Waals surface area contributed by atoms with E-state index in [0.29, 0.717) is 21.7 Å². The van der Waals surface area contributed by atoms with Crippen molar-refractivity contribution in [2.75, 3.05) is 7.05 Å². The molecule has 6 heteroatoms. The first kappa shape index (κ1) is 15.6. The summed E-state index contributed by atoms with van der Waals surface area (Å²) in [5.41, 5.74) is 7.77. The fourth-order valence-electron chi connectivity index (χ4n) is 1.89. The summed E-state index contributed by atoms with van der Waals surface area (Å²) in [6.07, 6.45) is 1.60. The molecule has 0 aliphatic heterocycles. The van der Waals surface area contributed by atoms with E-state index in [4.69, 9.17) is 18.0 Å². The van der Waals surface area contributed by atoms with Crippen LogP contribution in [0.2, 0.25) is 0 Å². The minimum absolute atomic E-state index is 0.150. The van der Waals surface area contributed by atoms with E-state index in [0.717, 1.165) is 11.1 Å². The summed E-state index contributed by atoms with van der Waals surface area (Å²) < 4.78 is 0.679. The Morgan fingerprint density at radius 2 is 2.14 bits per heavy atom. The van der Waals surface area contributed by atoms with Gasteiger partial charge in [-0.1, -0.05) is 30.4 Å². The number of carbonyl (C=O) groups is 1. The molecule has 2 rings (SSSR count). The first-order chi connectivity index (χ1) is 9.99. The topological polar surface area (TPSA) is 59.2 Å². The lowest BCUT2D eigenvalue weighted by Gasteiger charge is -2.17. The van der Waals surface area contributed by atoms with Gasteiger partial charge in [0.2, 0.25) is 0 Å². The van der Waals surface area contributed by atoms with Crippen molar-refractivity contribution in [3.05, 3.63) is 63.9 Å². The predicted octanol–water partition coefficient (Wildman–Crippen LogP) is 2.75. The second kappa shape index (κ2) is 6.78. The van der Waals surface area contributed by atoms with Crippen LogP contribution in [0.5, 0.6) is 0 Å². The zero-order valence-electron chi connectivity index (χ0n) is 11.4. The quantitative estimate of drug-likeness (QED) is 0.848. The molecular weight excluding hydrogens is 350 g/mol. The summed E-state index contributed by atoms with van der Waals surface area (Å²) in [5, 5.41) is 0. The van der Waals surface area contributed by atoms with Crippen molar-refractivity contribution in [1.82, 2.24) is 9.88 Å². The summed E-state index contributed by atoms with van der Waals surface area (Å²) in [6, 6.07) is 11.1. The second-order valence-corrected chi connectivity index (χ2v) is 5.85. The van der Waals surface area contributed by atoms with Crippen LogP contribution in [0.15, 0.2) is 47.1 Å². The number of pyridine rings is 1. The number of hydrogen-bond acceptors (Lipinski definition) is 3. The number of amides is 1. The Kier molecular flexibility index (Phi) is 5.03. The number of hydrogen-bond donors (Lipinski definition) is 1. The minimum atomic E-state index is -0.150. The van der Waals surface area contributed by atoms with Crippen LogP contribution < -0.4 is 5.73 Å². The van der Waals surface area contributed by atoms with E-state index >= 15 is 0 Å². The summed E-state index contributed by atoms with van der Waals surface area (Å²) in [5.74, 6) is -0.150. The molecule has 0 aliphatic rings. The van der Waals surface area contributed by atoms with Crippen LogP contribution in [0.1, 0.15) is 21.6 Å². The average molecular weight is 364 g/mol. The lowest BCUT2D eigenvalue weighted by atomic mass is 10.1. The normalized spacial score (nSPS) is 10.2. The first-order valence-electron chi connectivity index (χ1n) is 6.24. The van der Waals surface area contributed by atoms with Gasteiger partial charge in [-0.15, -0.1) is 0 Å². The van der Waals surface area contributed by atoms with E-state index < -0.39 is 0 Å². The molecule has 1 aromatic carbocycles. The van der Waals surface area contributed by atoms with E-state index in [2.05, 4.69) is 20.9 Å². The summed E-state index contributed by atoms with van der Waals surface area (Å²) in [4.78, 5) is 18.4. The van der Waals surface area contributed by atoms with Gasteiger partial charge in [0.1, 0.15) is 10.7 Å². The van der Waals surface area contributed by atoms with Gasteiger partial charge in [-0.25, -0.2) is 4.98 Å². The molecule has 1 amide bonds. The van der Waals surface area contributed by atoms with Crippen LogP contribution in [-0.4, -0.2) is 27.8 Å². The van der Waals surface area contributed by atoms with E-state index in [9.17, 15) is 4.79 Å². The highest BCUT2D eigenvalue weighted by atomic mass is 79.9. The van der Waals surface area contributed by atoms with Gasteiger partial charge in [-0.05, 0) is 39.7 Å². The molecule has 21 heavy (non-hydrogen) atoms. The number of nitrogens with zero attached hydrogens (tertiary/aromatic N) is 2. The van der Waals surface area contributed by atoms with Crippen molar-refractivity contribution < 1.29 is 4.79 Å². The van der Waals surface area contributed by atoms with Crippen LogP contribution in [0.25, 0.3) is 0 Å². The fourth-order valence-corrected chi connectivity index (χ4v) is 2.44. The highest BCUT2D eigenvalue weighted by Crippen LogP contribution is 2.16. The van der Waals surface area contributed by atoms with Crippen molar-refractivity contribution in [2.45, 2.75) is 6.54 Å². The molecule has 0 saturated carbocycles. The molecule has 0 aliphatic carbocycles. The van der Waals surface area contributed by atoms with Crippen LogP contribution in [0, 0.1) is 0 Å². The van der Waals surface area contributed by atoms with Gasteiger partial charge in [0, 0.05) is 29.8 Å². The number of thiocarbonyl (C=S) groups is 1. The van der Waals surface area contributed by atoms with Crippen LogP contribution >= 0.6 is 28.1 Å². The van der Waals surface area contributed by atoms with E-state index in [1.54, 1.807) is 30.3 Å². The van der Waals surface area contributed by atoms with Gasteiger partial charge in [-0.2, -0.15) is 0 Å². The molecule has 1 heterocycles. The molecule has 0 fully saturated rings. The van der Waals surface area contributed by atoms with Gasteiger partial charge in [0.15, 0.2) is 0 Å². The molecular formula is C15H14BrN3OS. The molecule has 108 valence electrons. The Bertz CT molecular complexity index is 690. The third-order valence-electron chi connectivity index (χ3n) is 2.94. The molecule has 0 radical (unpaired) electrons. The smallest absolute Gasteiger partial charge is 0.273 e. The van der Waals surface area contributed by atoms with Gasteiger partial charge in [-0.3, -0.25) is 4.79 Å². The zero-order chi connectivity index (χ0) is 15.4. The Balaban J connectivity index is 2.16. The molecule has 0 bridgehead atoms. The summed E-state index contributed by atoms with van der Waals surface area (Å²) in [6.45, 7) is 0.457. The number of aromatic nitrogens is 1. The average Bonchev–Trinajstić information content (AvgIpc) is 2.47. The van der Waals surface area contributed by atoms with Gasteiger partial charge >= 0.3 is 0 Å². The molecule has 2 aromatic rings. The number of rotatable bonds is 4. The van der Waals surface area contributed by atoms with Crippen molar-refractivity contribution in [1.29, 1.82) is 0 Å². The Hall–Kier alpha value is -1.79.